The summed E-state index contributed by atoms with van der Waals surface area (Å²) in [7, 11) is 0. The Labute approximate surface area is 99.4 Å². The SMILES string of the molecule is CCNC(=O)C(C)Nc1cc(N)cc(Cl)n1. The van der Waals surface area contributed by atoms with Gasteiger partial charge < -0.3 is 16.4 Å². The maximum atomic E-state index is 11.5. The fourth-order valence-corrected chi connectivity index (χ4v) is 1.42. The Kier molecular flexibility index (Phi) is 4.37. The normalized spacial score (nSPS) is 11.9. The molecule has 16 heavy (non-hydrogen) atoms. The molecule has 1 rings (SSSR count). The lowest BCUT2D eigenvalue weighted by molar-refractivity contribution is -0.121. The summed E-state index contributed by atoms with van der Waals surface area (Å²) >= 11 is 5.74. The number of halogens is 1. The molecule has 1 aromatic heterocycles. The largest absolute Gasteiger partial charge is 0.399 e. The topological polar surface area (TPSA) is 80.0 Å². The molecule has 88 valence electrons. The Hall–Kier alpha value is -1.49. The Morgan fingerprint density at radius 1 is 1.62 bits per heavy atom. The fourth-order valence-electron chi connectivity index (χ4n) is 1.21. The van der Waals surface area contributed by atoms with Gasteiger partial charge in [-0.1, -0.05) is 11.6 Å². The third-order valence-corrected chi connectivity index (χ3v) is 2.12. The number of amides is 1. The molecule has 0 bridgehead atoms. The zero-order chi connectivity index (χ0) is 12.1. The van der Waals surface area contributed by atoms with E-state index in [0.717, 1.165) is 0 Å². The van der Waals surface area contributed by atoms with E-state index in [4.69, 9.17) is 17.3 Å². The van der Waals surface area contributed by atoms with Crippen LogP contribution in [-0.4, -0.2) is 23.5 Å². The molecule has 1 heterocycles. The van der Waals surface area contributed by atoms with Crippen molar-refractivity contribution in [3.63, 3.8) is 0 Å². The first-order valence-corrected chi connectivity index (χ1v) is 5.38. The number of carbonyl (C=O) groups is 1. The van der Waals surface area contributed by atoms with Crippen LogP contribution in [0.2, 0.25) is 5.15 Å². The zero-order valence-corrected chi connectivity index (χ0v) is 10.0. The van der Waals surface area contributed by atoms with E-state index in [1.165, 1.54) is 0 Å². The maximum Gasteiger partial charge on any atom is 0.242 e. The number of nitrogens with one attached hydrogen (secondary N) is 2. The predicted molar refractivity (Wildman–Crippen MR) is 65.4 cm³/mol. The predicted octanol–water partition coefficient (Wildman–Crippen LogP) is 1.25. The molecule has 1 atom stereocenters. The van der Waals surface area contributed by atoms with Crippen LogP contribution in [0.3, 0.4) is 0 Å². The van der Waals surface area contributed by atoms with Crippen molar-refractivity contribution in [3.05, 3.63) is 17.3 Å². The molecule has 0 saturated heterocycles. The van der Waals surface area contributed by atoms with Crippen molar-refractivity contribution in [1.29, 1.82) is 0 Å². The van der Waals surface area contributed by atoms with E-state index in [9.17, 15) is 4.79 Å². The second kappa shape index (κ2) is 5.55. The number of nitrogens with two attached hydrogens (primary N) is 1. The molecule has 0 spiro atoms. The molecule has 0 radical (unpaired) electrons. The average molecular weight is 243 g/mol. The van der Waals surface area contributed by atoms with Crippen molar-refractivity contribution in [2.45, 2.75) is 19.9 Å². The molecule has 5 nitrogen and oxygen atoms in total. The first-order chi connectivity index (χ1) is 7.52. The summed E-state index contributed by atoms with van der Waals surface area (Å²) in [5.41, 5.74) is 6.11. The van der Waals surface area contributed by atoms with Crippen molar-refractivity contribution in [2.24, 2.45) is 0 Å². The number of hydrogen-bond donors (Lipinski definition) is 3. The molecule has 6 heteroatoms. The number of carbonyl (C=O) groups excluding carboxylic acids is 1. The summed E-state index contributed by atoms with van der Waals surface area (Å²) in [6.45, 7) is 4.19. The average Bonchev–Trinajstić information content (AvgIpc) is 2.16. The van der Waals surface area contributed by atoms with Gasteiger partial charge in [0, 0.05) is 18.3 Å². The minimum atomic E-state index is -0.384. The van der Waals surface area contributed by atoms with Crippen LogP contribution in [0.1, 0.15) is 13.8 Å². The molecule has 4 N–H and O–H groups in total. The molecule has 0 aliphatic rings. The van der Waals surface area contributed by atoms with Gasteiger partial charge in [-0.3, -0.25) is 4.79 Å². The number of aromatic nitrogens is 1. The van der Waals surface area contributed by atoms with Crippen LogP contribution in [0.25, 0.3) is 0 Å². The van der Waals surface area contributed by atoms with E-state index < -0.39 is 0 Å². The number of pyridine rings is 1. The van der Waals surface area contributed by atoms with E-state index in [0.29, 0.717) is 23.2 Å². The van der Waals surface area contributed by atoms with Gasteiger partial charge >= 0.3 is 0 Å². The van der Waals surface area contributed by atoms with E-state index >= 15 is 0 Å². The maximum absolute atomic E-state index is 11.5. The monoisotopic (exact) mass is 242 g/mol. The standard InChI is InChI=1S/C10H15ClN4O/c1-3-13-10(16)6(2)14-9-5-7(12)4-8(11)15-9/h4-6H,3H2,1-2H3,(H,13,16)(H3,12,14,15). The van der Waals surface area contributed by atoms with Crippen LogP contribution in [0.4, 0.5) is 11.5 Å². The summed E-state index contributed by atoms with van der Waals surface area (Å²) in [6.07, 6.45) is 0. The van der Waals surface area contributed by atoms with Gasteiger partial charge in [-0.2, -0.15) is 0 Å². The quantitative estimate of drug-likeness (QED) is 0.695. The Morgan fingerprint density at radius 3 is 2.88 bits per heavy atom. The van der Waals surface area contributed by atoms with Crippen molar-refractivity contribution in [3.8, 4) is 0 Å². The van der Waals surface area contributed by atoms with Gasteiger partial charge in [0.25, 0.3) is 0 Å². The highest BCUT2D eigenvalue weighted by atomic mass is 35.5. The van der Waals surface area contributed by atoms with Crippen LogP contribution in [-0.2, 0) is 4.79 Å². The van der Waals surface area contributed by atoms with E-state index in [1.54, 1.807) is 19.1 Å². The molecular formula is C10H15ClN4O. The summed E-state index contributed by atoms with van der Waals surface area (Å²) < 4.78 is 0. The zero-order valence-electron chi connectivity index (χ0n) is 9.25. The Balaban J connectivity index is 2.69. The summed E-state index contributed by atoms with van der Waals surface area (Å²) in [5.74, 6) is 0.395. The molecule has 1 amide bonds. The van der Waals surface area contributed by atoms with Crippen molar-refractivity contribution < 1.29 is 4.79 Å². The van der Waals surface area contributed by atoms with Gasteiger partial charge in [-0.25, -0.2) is 4.98 Å². The van der Waals surface area contributed by atoms with Crippen LogP contribution < -0.4 is 16.4 Å². The second-order valence-corrected chi connectivity index (χ2v) is 3.76. The highest BCUT2D eigenvalue weighted by Crippen LogP contribution is 2.16. The van der Waals surface area contributed by atoms with Gasteiger partial charge in [-0.05, 0) is 19.9 Å². The van der Waals surface area contributed by atoms with Gasteiger partial charge in [0.15, 0.2) is 0 Å². The number of anilines is 2. The lowest BCUT2D eigenvalue weighted by Gasteiger charge is -2.14. The van der Waals surface area contributed by atoms with E-state index in [2.05, 4.69) is 15.6 Å². The minimum absolute atomic E-state index is 0.0946. The third kappa shape index (κ3) is 3.58. The highest BCUT2D eigenvalue weighted by molar-refractivity contribution is 6.29. The smallest absolute Gasteiger partial charge is 0.242 e. The van der Waals surface area contributed by atoms with Crippen molar-refractivity contribution in [2.75, 3.05) is 17.6 Å². The molecule has 1 unspecified atom stereocenters. The molecule has 1 aromatic rings. The summed E-state index contributed by atoms with van der Waals surface area (Å²) in [5, 5.41) is 5.92. The number of nitrogens with zero attached hydrogens (tertiary/aromatic N) is 1. The van der Waals surface area contributed by atoms with Crippen molar-refractivity contribution in [1.82, 2.24) is 10.3 Å². The first kappa shape index (κ1) is 12.6. The van der Waals surface area contributed by atoms with Crippen molar-refractivity contribution >= 4 is 29.0 Å². The molecule has 0 aromatic carbocycles. The first-order valence-electron chi connectivity index (χ1n) is 5.00. The number of likely N-dealkylation sites (N-methyl/N-ethyl adjacent to an activating group) is 1. The highest BCUT2D eigenvalue weighted by Gasteiger charge is 2.12. The number of nitrogen functional groups attached to an aromatic ring is 1. The Morgan fingerprint density at radius 2 is 2.31 bits per heavy atom. The fraction of sp³-hybridized carbons (Fsp3) is 0.400. The lowest BCUT2D eigenvalue weighted by Crippen LogP contribution is -2.37. The minimum Gasteiger partial charge on any atom is -0.399 e. The third-order valence-electron chi connectivity index (χ3n) is 1.93. The summed E-state index contributed by atoms with van der Waals surface area (Å²) in [6, 6.07) is 2.79. The van der Waals surface area contributed by atoms with Crippen LogP contribution >= 0.6 is 11.6 Å². The van der Waals surface area contributed by atoms with E-state index in [1.807, 2.05) is 6.92 Å². The van der Waals surface area contributed by atoms with Gasteiger partial charge in [0.05, 0.1) is 0 Å². The molecular weight excluding hydrogens is 228 g/mol. The van der Waals surface area contributed by atoms with Gasteiger partial charge in [0.2, 0.25) is 5.91 Å². The summed E-state index contributed by atoms with van der Waals surface area (Å²) in [4.78, 5) is 15.5. The van der Waals surface area contributed by atoms with E-state index in [-0.39, 0.29) is 11.9 Å². The van der Waals surface area contributed by atoms with Gasteiger partial charge in [0.1, 0.15) is 17.0 Å². The van der Waals surface area contributed by atoms with Crippen LogP contribution in [0.15, 0.2) is 12.1 Å². The molecule has 0 saturated carbocycles. The number of rotatable bonds is 4. The van der Waals surface area contributed by atoms with Crippen LogP contribution in [0.5, 0.6) is 0 Å². The van der Waals surface area contributed by atoms with Gasteiger partial charge in [-0.15, -0.1) is 0 Å². The second-order valence-electron chi connectivity index (χ2n) is 3.37. The Bertz CT molecular complexity index is 363. The molecule has 0 aliphatic heterocycles. The van der Waals surface area contributed by atoms with Crippen LogP contribution in [0, 0.1) is 0 Å². The molecule has 0 fully saturated rings. The molecule has 0 aliphatic carbocycles. The number of hydrogen-bond acceptors (Lipinski definition) is 4. The lowest BCUT2D eigenvalue weighted by atomic mass is 10.3.